The molecule has 2 aliphatic heterocycles. The number of oxime groups is 1. The maximum atomic E-state index is 13.7. The molecule has 13 heteroatoms. The Morgan fingerprint density at radius 1 is 1.06 bits per heavy atom. The highest BCUT2D eigenvalue weighted by Gasteiger charge is 2.50. The Bertz CT molecular complexity index is 1800. The molecule has 0 atom stereocenters. The molecule has 1 aromatic carbocycles. The minimum Gasteiger partial charge on any atom is -0.385 e. The zero-order chi connectivity index (χ0) is 32.4. The Morgan fingerprint density at radius 3 is 2.53 bits per heavy atom. The van der Waals surface area contributed by atoms with Crippen molar-refractivity contribution in [2.75, 3.05) is 28.2 Å². The summed E-state index contributed by atoms with van der Waals surface area (Å²) in [6.45, 7) is 3.65. The normalized spacial score (nSPS) is 19.7. The van der Waals surface area contributed by atoms with Gasteiger partial charge in [-0.2, -0.15) is 15.3 Å². The summed E-state index contributed by atoms with van der Waals surface area (Å²) in [5, 5.41) is 24.7. The standard InChI is InChI=1S/C34H37N11O2/c1-23-14-34(47-42-23)21-44(22-34)31-26(15-35)18-37-32(41-31)40-28-9-11-29(12-10-28)45(33(46)38-16-24-6-4-3-5-7-24)30-13-8-25(17-36-30)27-19-39-43(2)20-27/h3-8,13,17-20,28-29H,9-12,14,16,21-22H2,1-2H3,(H,38,46)(H,37,40,41)/t28-,29-. The van der Waals surface area contributed by atoms with Crippen LogP contribution in [0.3, 0.4) is 0 Å². The van der Waals surface area contributed by atoms with E-state index in [1.54, 1.807) is 28.2 Å². The van der Waals surface area contributed by atoms with Crippen LogP contribution >= 0.6 is 0 Å². The largest absolute Gasteiger partial charge is 0.385 e. The number of anilines is 3. The van der Waals surface area contributed by atoms with Crippen LogP contribution in [0.5, 0.6) is 0 Å². The molecule has 2 N–H and O–H groups in total. The van der Waals surface area contributed by atoms with Crippen molar-refractivity contribution >= 4 is 29.3 Å². The molecule has 0 radical (unpaired) electrons. The lowest BCUT2D eigenvalue weighted by atomic mass is 9.89. The van der Waals surface area contributed by atoms with Gasteiger partial charge in [-0.25, -0.2) is 14.8 Å². The summed E-state index contributed by atoms with van der Waals surface area (Å²) in [5.74, 6) is 1.71. The molecule has 7 rings (SSSR count). The summed E-state index contributed by atoms with van der Waals surface area (Å²) in [7, 11) is 1.88. The summed E-state index contributed by atoms with van der Waals surface area (Å²) in [6, 6.07) is 15.9. The summed E-state index contributed by atoms with van der Waals surface area (Å²) < 4.78 is 1.75. The first kappa shape index (κ1) is 30.2. The van der Waals surface area contributed by atoms with E-state index in [0.29, 0.717) is 42.8 Å². The predicted molar refractivity (Wildman–Crippen MR) is 178 cm³/mol. The first-order valence-corrected chi connectivity index (χ1v) is 15.9. The fraction of sp³-hybridized carbons (Fsp3) is 0.382. The summed E-state index contributed by atoms with van der Waals surface area (Å²) in [4.78, 5) is 37.2. The number of hydrogen-bond acceptors (Lipinski definition) is 10. The van der Waals surface area contributed by atoms with Crippen LogP contribution < -0.4 is 20.4 Å². The van der Waals surface area contributed by atoms with E-state index in [1.165, 1.54) is 0 Å². The topological polar surface area (TPSA) is 149 Å². The fourth-order valence-corrected chi connectivity index (χ4v) is 6.68. The summed E-state index contributed by atoms with van der Waals surface area (Å²) in [6.07, 6.45) is 11.1. The van der Waals surface area contributed by atoms with Gasteiger partial charge in [0.2, 0.25) is 5.95 Å². The van der Waals surface area contributed by atoms with Crippen LogP contribution in [0.1, 0.15) is 50.2 Å². The number of pyridine rings is 1. The smallest absolute Gasteiger partial charge is 0.323 e. The van der Waals surface area contributed by atoms with E-state index in [0.717, 1.165) is 54.5 Å². The minimum absolute atomic E-state index is 0.0348. The number of nitriles is 1. The van der Waals surface area contributed by atoms with Gasteiger partial charge in [0.1, 0.15) is 17.5 Å². The zero-order valence-electron chi connectivity index (χ0n) is 26.5. The molecule has 13 nitrogen and oxygen atoms in total. The van der Waals surface area contributed by atoms with Crippen molar-refractivity contribution in [2.24, 2.45) is 12.2 Å². The number of nitrogens with zero attached hydrogens (tertiary/aromatic N) is 9. The van der Waals surface area contributed by atoms with Crippen molar-refractivity contribution in [3.63, 3.8) is 0 Å². The minimum atomic E-state index is -0.319. The van der Waals surface area contributed by atoms with E-state index in [2.05, 4.69) is 36.8 Å². The number of aromatic nitrogens is 5. The second-order valence-electron chi connectivity index (χ2n) is 12.6. The molecule has 3 aliphatic rings. The second kappa shape index (κ2) is 12.7. The van der Waals surface area contributed by atoms with Gasteiger partial charge >= 0.3 is 6.03 Å². The maximum Gasteiger partial charge on any atom is 0.323 e. The van der Waals surface area contributed by atoms with Crippen LogP contribution in [0.15, 0.2) is 72.4 Å². The van der Waals surface area contributed by atoms with Crippen LogP contribution in [-0.2, 0) is 18.4 Å². The number of urea groups is 1. The fourth-order valence-electron chi connectivity index (χ4n) is 6.68. The van der Waals surface area contributed by atoms with Gasteiger partial charge in [-0.15, -0.1) is 0 Å². The van der Waals surface area contributed by atoms with Gasteiger partial charge in [0, 0.05) is 55.6 Å². The third kappa shape index (κ3) is 6.44. The van der Waals surface area contributed by atoms with Crippen molar-refractivity contribution in [3.8, 4) is 17.2 Å². The van der Waals surface area contributed by atoms with Crippen molar-refractivity contribution in [1.82, 2.24) is 30.0 Å². The number of carbonyl (C=O) groups is 1. The third-order valence-electron chi connectivity index (χ3n) is 9.05. The molecule has 1 saturated heterocycles. The van der Waals surface area contributed by atoms with Gasteiger partial charge in [-0.1, -0.05) is 35.5 Å². The van der Waals surface area contributed by atoms with Crippen molar-refractivity contribution in [1.29, 1.82) is 5.26 Å². The number of aryl methyl sites for hydroxylation is 1. The Morgan fingerprint density at radius 2 is 1.87 bits per heavy atom. The molecule has 1 saturated carbocycles. The predicted octanol–water partition coefficient (Wildman–Crippen LogP) is 4.64. The van der Waals surface area contributed by atoms with Gasteiger partial charge in [-0.3, -0.25) is 9.58 Å². The molecule has 3 aromatic heterocycles. The van der Waals surface area contributed by atoms with E-state index >= 15 is 0 Å². The molecule has 1 spiro atoms. The Balaban J connectivity index is 1.02. The van der Waals surface area contributed by atoms with Gasteiger partial charge in [0.25, 0.3) is 0 Å². The summed E-state index contributed by atoms with van der Waals surface area (Å²) in [5.41, 5.74) is 4.04. The average Bonchev–Trinajstić information content (AvgIpc) is 3.70. The molecule has 2 fully saturated rings. The Kier molecular flexibility index (Phi) is 8.15. The van der Waals surface area contributed by atoms with Gasteiger partial charge in [0.15, 0.2) is 11.4 Å². The quantitative estimate of drug-likeness (QED) is 0.284. The number of benzene rings is 1. The Hall–Kier alpha value is -5.51. The molecular weight excluding hydrogens is 594 g/mol. The first-order valence-electron chi connectivity index (χ1n) is 15.9. The van der Waals surface area contributed by atoms with E-state index in [-0.39, 0.29) is 23.7 Å². The van der Waals surface area contributed by atoms with E-state index in [4.69, 9.17) is 14.8 Å². The van der Waals surface area contributed by atoms with E-state index in [1.807, 2.05) is 62.6 Å². The zero-order valence-corrected chi connectivity index (χ0v) is 26.5. The molecule has 4 aromatic rings. The first-order chi connectivity index (χ1) is 22.9. The highest BCUT2D eigenvalue weighted by molar-refractivity contribution is 5.91. The lowest BCUT2D eigenvalue weighted by molar-refractivity contribution is -0.0396. The Labute approximate surface area is 273 Å². The molecule has 2 amide bonds. The number of hydrogen-bond donors (Lipinski definition) is 2. The van der Waals surface area contributed by atoms with Gasteiger partial charge in [-0.05, 0) is 50.3 Å². The summed E-state index contributed by atoms with van der Waals surface area (Å²) >= 11 is 0. The third-order valence-corrected chi connectivity index (χ3v) is 9.05. The van der Waals surface area contributed by atoms with Crippen LogP contribution in [0, 0.1) is 11.3 Å². The highest BCUT2D eigenvalue weighted by Crippen LogP contribution is 2.37. The molecule has 0 unspecified atom stereocenters. The lowest BCUT2D eigenvalue weighted by Gasteiger charge is -2.46. The molecule has 1 aliphatic carbocycles. The van der Waals surface area contributed by atoms with Crippen LogP contribution in [-0.4, -0.2) is 67.2 Å². The van der Waals surface area contributed by atoms with Crippen molar-refractivity contribution in [2.45, 2.75) is 63.3 Å². The number of rotatable bonds is 8. The molecule has 240 valence electrons. The molecule has 47 heavy (non-hydrogen) atoms. The SMILES string of the molecule is CC1=NOC2(C1)CN(c1nc(N[C@H]3CC[C@H](N(C(=O)NCc4ccccc4)c4ccc(-c5cnn(C)c5)cn4)CC3)ncc1C#N)C2. The van der Waals surface area contributed by atoms with E-state index in [9.17, 15) is 10.1 Å². The number of amides is 2. The average molecular weight is 632 g/mol. The van der Waals surface area contributed by atoms with Crippen LogP contribution in [0.4, 0.5) is 22.4 Å². The van der Waals surface area contributed by atoms with Crippen LogP contribution in [0.25, 0.3) is 11.1 Å². The van der Waals surface area contributed by atoms with Crippen molar-refractivity contribution in [3.05, 3.63) is 78.4 Å². The van der Waals surface area contributed by atoms with Gasteiger partial charge in [0.05, 0.1) is 31.2 Å². The monoisotopic (exact) mass is 631 g/mol. The number of carbonyl (C=O) groups excluding carboxylic acids is 1. The maximum absolute atomic E-state index is 13.7. The van der Waals surface area contributed by atoms with Gasteiger partial charge < -0.3 is 20.4 Å². The van der Waals surface area contributed by atoms with E-state index < -0.39 is 0 Å². The lowest BCUT2D eigenvalue weighted by Crippen LogP contribution is -2.62. The molecule has 5 heterocycles. The second-order valence-corrected chi connectivity index (χ2v) is 12.6. The molecular formula is C34H37N11O2. The number of nitrogens with one attached hydrogen (secondary N) is 2. The van der Waals surface area contributed by atoms with Crippen LogP contribution in [0.2, 0.25) is 0 Å². The highest BCUT2D eigenvalue weighted by atomic mass is 16.7. The molecule has 0 bridgehead atoms. The van der Waals surface area contributed by atoms with Crippen molar-refractivity contribution < 1.29 is 9.63 Å².